The zero-order valence-electron chi connectivity index (χ0n) is 10.8. The van der Waals surface area contributed by atoms with Crippen molar-refractivity contribution >= 4 is 0 Å². The molecule has 1 aliphatic heterocycles. The van der Waals surface area contributed by atoms with Gasteiger partial charge >= 0.3 is 6.18 Å². The van der Waals surface area contributed by atoms with E-state index in [1.165, 1.54) is 0 Å². The number of alkyl halides is 3. The van der Waals surface area contributed by atoms with Crippen LogP contribution in [-0.2, 0) is 0 Å². The normalized spacial score (nSPS) is 23.0. The van der Waals surface area contributed by atoms with Crippen LogP contribution in [0.4, 0.5) is 13.2 Å². The highest BCUT2D eigenvalue weighted by molar-refractivity contribution is 4.78. The summed E-state index contributed by atoms with van der Waals surface area (Å²) in [5.74, 6) is -1.14. The molecule has 1 saturated heterocycles. The standard InChI is InChI=1S/C12H23F3N2O/c1-11(18,9-16)5-2-6-17-7-3-10(4-8-17)12(13,14)15/h10,18H,2-9,16H2,1H3. The molecule has 0 aromatic carbocycles. The summed E-state index contributed by atoms with van der Waals surface area (Å²) in [4.78, 5) is 2.04. The van der Waals surface area contributed by atoms with Crippen molar-refractivity contribution < 1.29 is 18.3 Å². The first-order chi connectivity index (χ1) is 8.24. The molecule has 0 bridgehead atoms. The summed E-state index contributed by atoms with van der Waals surface area (Å²) in [6, 6.07) is 0. The van der Waals surface area contributed by atoms with Gasteiger partial charge in [0.25, 0.3) is 0 Å². The zero-order valence-corrected chi connectivity index (χ0v) is 10.8. The average molecular weight is 268 g/mol. The van der Waals surface area contributed by atoms with Crippen LogP contribution < -0.4 is 5.73 Å². The summed E-state index contributed by atoms with van der Waals surface area (Å²) >= 11 is 0. The van der Waals surface area contributed by atoms with Crippen molar-refractivity contribution in [2.24, 2.45) is 11.7 Å². The highest BCUT2D eigenvalue weighted by atomic mass is 19.4. The summed E-state index contributed by atoms with van der Waals surface area (Å²) < 4.78 is 37.4. The molecule has 0 aromatic heterocycles. The molecule has 0 amide bonds. The lowest BCUT2D eigenvalue weighted by molar-refractivity contribution is -0.185. The average Bonchev–Trinajstić information content (AvgIpc) is 2.28. The molecule has 0 radical (unpaired) electrons. The Morgan fingerprint density at radius 3 is 2.28 bits per heavy atom. The minimum absolute atomic E-state index is 0.191. The molecule has 1 rings (SSSR count). The van der Waals surface area contributed by atoms with E-state index >= 15 is 0 Å². The van der Waals surface area contributed by atoms with Crippen LogP contribution in [-0.4, -0.2) is 48.0 Å². The Balaban J connectivity index is 2.20. The van der Waals surface area contributed by atoms with Crippen LogP contribution in [0.3, 0.4) is 0 Å². The van der Waals surface area contributed by atoms with Gasteiger partial charge in [0, 0.05) is 6.54 Å². The molecular formula is C12H23F3N2O. The zero-order chi connectivity index (χ0) is 13.8. The second-order valence-corrected chi connectivity index (χ2v) is 5.46. The van der Waals surface area contributed by atoms with E-state index in [0.717, 1.165) is 13.0 Å². The highest BCUT2D eigenvalue weighted by Gasteiger charge is 2.40. The molecule has 0 aliphatic carbocycles. The molecular weight excluding hydrogens is 245 g/mol. The molecule has 1 unspecified atom stereocenters. The third-order valence-corrected chi connectivity index (χ3v) is 3.68. The van der Waals surface area contributed by atoms with Gasteiger partial charge in [0.2, 0.25) is 0 Å². The second kappa shape index (κ2) is 6.21. The number of piperidine rings is 1. The fourth-order valence-electron chi connectivity index (χ4n) is 2.27. The fraction of sp³-hybridized carbons (Fsp3) is 1.00. The van der Waals surface area contributed by atoms with E-state index in [1.54, 1.807) is 6.92 Å². The molecule has 18 heavy (non-hydrogen) atoms. The molecule has 0 aromatic rings. The predicted molar refractivity (Wildman–Crippen MR) is 64.1 cm³/mol. The number of nitrogens with zero attached hydrogens (tertiary/aromatic N) is 1. The maximum absolute atomic E-state index is 12.5. The largest absolute Gasteiger partial charge is 0.391 e. The van der Waals surface area contributed by atoms with Gasteiger partial charge in [-0.05, 0) is 52.2 Å². The van der Waals surface area contributed by atoms with Crippen molar-refractivity contribution in [1.82, 2.24) is 4.90 Å². The Bertz CT molecular complexity index is 248. The minimum atomic E-state index is -4.05. The molecule has 3 N–H and O–H groups in total. The molecule has 1 aliphatic rings. The Morgan fingerprint density at radius 1 is 1.28 bits per heavy atom. The first-order valence-corrected chi connectivity index (χ1v) is 6.46. The highest BCUT2D eigenvalue weighted by Crippen LogP contribution is 2.34. The van der Waals surface area contributed by atoms with Crippen molar-refractivity contribution in [3.63, 3.8) is 0 Å². The molecule has 1 fully saturated rings. The van der Waals surface area contributed by atoms with Gasteiger partial charge in [-0.1, -0.05) is 0 Å². The Morgan fingerprint density at radius 2 is 1.83 bits per heavy atom. The molecule has 6 heteroatoms. The molecule has 1 atom stereocenters. The van der Waals surface area contributed by atoms with Crippen molar-refractivity contribution in [3.05, 3.63) is 0 Å². The van der Waals surface area contributed by atoms with Crippen LogP contribution in [0.1, 0.15) is 32.6 Å². The SMILES string of the molecule is CC(O)(CN)CCCN1CCC(C(F)(F)F)CC1. The van der Waals surface area contributed by atoms with Gasteiger partial charge in [0.15, 0.2) is 0 Å². The first-order valence-electron chi connectivity index (χ1n) is 6.46. The fourth-order valence-corrected chi connectivity index (χ4v) is 2.27. The maximum atomic E-state index is 12.5. The van der Waals surface area contributed by atoms with Gasteiger partial charge in [-0.15, -0.1) is 0 Å². The second-order valence-electron chi connectivity index (χ2n) is 5.46. The van der Waals surface area contributed by atoms with Crippen LogP contribution in [0.2, 0.25) is 0 Å². The van der Waals surface area contributed by atoms with E-state index in [9.17, 15) is 18.3 Å². The van der Waals surface area contributed by atoms with Crippen LogP contribution in [0.25, 0.3) is 0 Å². The summed E-state index contributed by atoms with van der Waals surface area (Å²) in [6.07, 6.45) is -2.31. The van der Waals surface area contributed by atoms with Gasteiger partial charge in [-0.2, -0.15) is 13.2 Å². The molecule has 3 nitrogen and oxygen atoms in total. The third-order valence-electron chi connectivity index (χ3n) is 3.68. The topological polar surface area (TPSA) is 49.5 Å². The van der Waals surface area contributed by atoms with Crippen molar-refractivity contribution in [1.29, 1.82) is 0 Å². The summed E-state index contributed by atoms with van der Waals surface area (Å²) in [5, 5.41) is 9.71. The number of likely N-dealkylation sites (tertiary alicyclic amines) is 1. The Kier molecular flexibility index (Phi) is 5.43. The number of hydrogen-bond acceptors (Lipinski definition) is 3. The van der Waals surface area contributed by atoms with E-state index in [4.69, 9.17) is 5.73 Å². The van der Waals surface area contributed by atoms with Gasteiger partial charge < -0.3 is 15.7 Å². The van der Waals surface area contributed by atoms with E-state index < -0.39 is 17.7 Å². The lowest BCUT2D eigenvalue weighted by Crippen LogP contribution is -2.40. The number of nitrogens with two attached hydrogens (primary N) is 1. The smallest absolute Gasteiger partial charge is 0.389 e. The van der Waals surface area contributed by atoms with Crippen molar-refractivity contribution in [3.8, 4) is 0 Å². The van der Waals surface area contributed by atoms with Gasteiger partial charge in [-0.3, -0.25) is 0 Å². The van der Waals surface area contributed by atoms with Crippen molar-refractivity contribution in [2.75, 3.05) is 26.2 Å². The quantitative estimate of drug-likeness (QED) is 0.798. The van der Waals surface area contributed by atoms with Crippen LogP contribution in [0, 0.1) is 5.92 Å². The van der Waals surface area contributed by atoms with Crippen LogP contribution in [0.5, 0.6) is 0 Å². The number of rotatable bonds is 5. The molecule has 0 spiro atoms. The number of aliphatic hydroxyl groups is 1. The molecule has 108 valence electrons. The Labute approximate surface area is 106 Å². The lowest BCUT2D eigenvalue weighted by atomic mass is 9.95. The first kappa shape index (κ1) is 15.7. The van der Waals surface area contributed by atoms with E-state index in [0.29, 0.717) is 19.5 Å². The van der Waals surface area contributed by atoms with Crippen LogP contribution >= 0.6 is 0 Å². The summed E-state index contributed by atoms with van der Waals surface area (Å²) in [5.41, 5.74) is 4.55. The van der Waals surface area contributed by atoms with Gasteiger partial charge in [0.05, 0.1) is 11.5 Å². The van der Waals surface area contributed by atoms with E-state index in [-0.39, 0.29) is 19.4 Å². The minimum Gasteiger partial charge on any atom is -0.389 e. The lowest BCUT2D eigenvalue weighted by Gasteiger charge is -2.33. The third kappa shape index (κ3) is 5.12. The number of halogens is 3. The summed E-state index contributed by atoms with van der Waals surface area (Å²) in [6.45, 7) is 3.62. The molecule has 0 saturated carbocycles. The maximum Gasteiger partial charge on any atom is 0.391 e. The van der Waals surface area contributed by atoms with Gasteiger partial charge in [-0.25, -0.2) is 0 Å². The number of hydrogen-bond donors (Lipinski definition) is 2. The van der Waals surface area contributed by atoms with E-state index in [1.807, 2.05) is 4.90 Å². The molecule has 1 heterocycles. The van der Waals surface area contributed by atoms with Gasteiger partial charge in [0.1, 0.15) is 0 Å². The van der Waals surface area contributed by atoms with Crippen LogP contribution in [0.15, 0.2) is 0 Å². The Hall–Kier alpha value is -0.330. The van der Waals surface area contributed by atoms with Crippen molar-refractivity contribution in [2.45, 2.75) is 44.4 Å². The predicted octanol–water partition coefficient (Wildman–Crippen LogP) is 1.75. The monoisotopic (exact) mass is 268 g/mol. The summed E-state index contributed by atoms with van der Waals surface area (Å²) in [7, 11) is 0. The van der Waals surface area contributed by atoms with E-state index in [2.05, 4.69) is 0 Å².